The highest BCUT2D eigenvalue weighted by Gasteiger charge is 2.29. The van der Waals surface area contributed by atoms with Crippen LogP contribution in [0.15, 0.2) is 47.3 Å². The van der Waals surface area contributed by atoms with Crippen LogP contribution in [0.5, 0.6) is 0 Å². The first kappa shape index (κ1) is 14.6. The summed E-state index contributed by atoms with van der Waals surface area (Å²) in [5.74, 6) is 0.0656. The van der Waals surface area contributed by atoms with Crippen LogP contribution in [-0.4, -0.2) is 22.3 Å². The average Bonchev–Trinajstić information content (AvgIpc) is 2.55. The number of H-pyrrole nitrogens is 1. The van der Waals surface area contributed by atoms with Crippen molar-refractivity contribution in [1.82, 2.24) is 9.88 Å². The van der Waals surface area contributed by atoms with Crippen molar-refractivity contribution in [2.75, 3.05) is 6.54 Å². The number of carbonyl (C=O) groups is 1. The Hall–Kier alpha value is -2.36. The van der Waals surface area contributed by atoms with Crippen molar-refractivity contribution >= 4 is 5.91 Å². The second kappa shape index (κ2) is 6.18. The summed E-state index contributed by atoms with van der Waals surface area (Å²) in [4.78, 5) is 29.0. The second-order valence-corrected chi connectivity index (χ2v) is 5.78. The molecule has 1 aromatic carbocycles. The second-order valence-electron chi connectivity index (χ2n) is 5.78. The number of amides is 1. The number of aromatic nitrogens is 1. The van der Waals surface area contributed by atoms with E-state index < -0.39 is 0 Å². The van der Waals surface area contributed by atoms with E-state index in [9.17, 15) is 9.59 Å². The van der Waals surface area contributed by atoms with Crippen LogP contribution < -0.4 is 5.56 Å². The van der Waals surface area contributed by atoms with Crippen LogP contribution in [0.1, 0.15) is 46.9 Å². The SMILES string of the molecule is Cc1[nH]c(=O)ccc1C1CCCCN1C(=O)c1ccccc1. The third-order valence-corrected chi connectivity index (χ3v) is 4.30. The molecule has 1 aromatic heterocycles. The predicted octanol–water partition coefficient (Wildman–Crippen LogP) is 3.05. The minimum atomic E-state index is -0.0991. The molecule has 1 aliphatic heterocycles. The van der Waals surface area contributed by atoms with Gasteiger partial charge in [-0.3, -0.25) is 9.59 Å². The van der Waals surface area contributed by atoms with E-state index in [0.717, 1.165) is 42.6 Å². The maximum Gasteiger partial charge on any atom is 0.254 e. The first-order valence-corrected chi connectivity index (χ1v) is 7.72. The van der Waals surface area contributed by atoms with E-state index in [1.807, 2.05) is 48.2 Å². The summed E-state index contributed by atoms with van der Waals surface area (Å²) in [5.41, 5.74) is 2.52. The van der Waals surface area contributed by atoms with Gasteiger partial charge in [0.15, 0.2) is 0 Å². The summed E-state index contributed by atoms with van der Waals surface area (Å²) >= 11 is 0. The molecular weight excluding hydrogens is 276 g/mol. The van der Waals surface area contributed by atoms with Gasteiger partial charge in [0.2, 0.25) is 5.56 Å². The molecular formula is C18H20N2O2. The summed E-state index contributed by atoms with van der Waals surface area (Å²) in [5, 5.41) is 0. The standard InChI is InChI=1S/C18H20N2O2/c1-13-15(10-11-17(21)19-13)16-9-5-6-12-20(16)18(22)14-7-3-2-4-8-14/h2-4,7-8,10-11,16H,5-6,9,12H2,1H3,(H,19,21). The van der Waals surface area contributed by atoms with E-state index >= 15 is 0 Å². The molecule has 0 radical (unpaired) electrons. The maximum atomic E-state index is 12.8. The quantitative estimate of drug-likeness (QED) is 0.926. The predicted molar refractivity (Wildman–Crippen MR) is 85.9 cm³/mol. The van der Waals surface area contributed by atoms with E-state index in [2.05, 4.69) is 4.98 Å². The monoisotopic (exact) mass is 296 g/mol. The zero-order valence-corrected chi connectivity index (χ0v) is 12.7. The lowest BCUT2D eigenvalue weighted by Crippen LogP contribution is -2.39. The fourth-order valence-corrected chi connectivity index (χ4v) is 3.19. The Bertz CT molecular complexity index is 721. The smallest absolute Gasteiger partial charge is 0.254 e. The van der Waals surface area contributed by atoms with Crippen molar-refractivity contribution in [3.63, 3.8) is 0 Å². The largest absolute Gasteiger partial charge is 0.332 e. The lowest BCUT2D eigenvalue weighted by Gasteiger charge is -2.36. The molecule has 0 bridgehead atoms. The number of nitrogens with one attached hydrogen (secondary N) is 1. The average molecular weight is 296 g/mol. The van der Waals surface area contributed by atoms with E-state index in [1.54, 1.807) is 6.07 Å². The van der Waals surface area contributed by atoms with Crippen molar-refractivity contribution in [3.05, 3.63) is 69.6 Å². The highest BCUT2D eigenvalue weighted by Crippen LogP contribution is 2.32. The Morgan fingerprint density at radius 1 is 1.14 bits per heavy atom. The van der Waals surface area contributed by atoms with Crippen LogP contribution in [0.2, 0.25) is 0 Å². The maximum absolute atomic E-state index is 12.8. The third kappa shape index (κ3) is 2.82. The van der Waals surface area contributed by atoms with Crippen LogP contribution in [0, 0.1) is 6.92 Å². The molecule has 0 aliphatic carbocycles. The molecule has 0 spiro atoms. The Kier molecular flexibility index (Phi) is 4.09. The highest BCUT2D eigenvalue weighted by atomic mass is 16.2. The van der Waals surface area contributed by atoms with Crippen LogP contribution in [0.3, 0.4) is 0 Å². The lowest BCUT2D eigenvalue weighted by atomic mass is 9.93. The highest BCUT2D eigenvalue weighted by molar-refractivity contribution is 5.94. The van der Waals surface area contributed by atoms with E-state index in [-0.39, 0.29) is 17.5 Å². The van der Waals surface area contributed by atoms with Gasteiger partial charge in [-0.25, -0.2) is 0 Å². The number of nitrogens with zero attached hydrogens (tertiary/aromatic N) is 1. The van der Waals surface area contributed by atoms with Gasteiger partial charge in [-0.15, -0.1) is 0 Å². The molecule has 1 amide bonds. The zero-order chi connectivity index (χ0) is 15.5. The van der Waals surface area contributed by atoms with Crippen molar-refractivity contribution in [2.24, 2.45) is 0 Å². The Balaban J connectivity index is 1.94. The summed E-state index contributed by atoms with van der Waals surface area (Å²) < 4.78 is 0. The summed E-state index contributed by atoms with van der Waals surface area (Å²) in [6.07, 6.45) is 3.06. The first-order chi connectivity index (χ1) is 10.7. The van der Waals surface area contributed by atoms with Gasteiger partial charge in [0.25, 0.3) is 5.91 Å². The van der Waals surface area contributed by atoms with Gasteiger partial charge >= 0.3 is 0 Å². The van der Waals surface area contributed by atoms with Crippen LogP contribution in [0.4, 0.5) is 0 Å². The number of hydrogen-bond acceptors (Lipinski definition) is 2. The molecule has 4 heteroatoms. The molecule has 2 aromatic rings. The molecule has 22 heavy (non-hydrogen) atoms. The Labute approximate surface area is 129 Å². The number of aryl methyl sites for hydroxylation is 1. The lowest BCUT2D eigenvalue weighted by molar-refractivity contribution is 0.0610. The fourth-order valence-electron chi connectivity index (χ4n) is 3.19. The number of pyridine rings is 1. The summed E-state index contributed by atoms with van der Waals surface area (Å²) in [7, 11) is 0. The number of benzene rings is 1. The zero-order valence-electron chi connectivity index (χ0n) is 12.7. The summed E-state index contributed by atoms with van der Waals surface area (Å²) in [6.45, 7) is 2.66. The molecule has 1 saturated heterocycles. The molecule has 0 saturated carbocycles. The van der Waals surface area contributed by atoms with Gasteiger partial charge in [-0.05, 0) is 49.9 Å². The molecule has 3 rings (SSSR count). The number of rotatable bonds is 2. The minimum absolute atomic E-state index is 0.0401. The van der Waals surface area contributed by atoms with E-state index in [4.69, 9.17) is 0 Å². The number of likely N-dealkylation sites (tertiary alicyclic amines) is 1. The number of carbonyl (C=O) groups excluding carboxylic acids is 1. The van der Waals surface area contributed by atoms with Crippen molar-refractivity contribution < 1.29 is 4.79 Å². The van der Waals surface area contributed by atoms with Gasteiger partial charge in [-0.2, -0.15) is 0 Å². The summed E-state index contributed by atoms with van der Waals surface area (Å²) in [6, 6.07) is 12.8. The Morgan fingerprint density at radius 3 is 2.64 bits per heavy atom. The molecule has 1 N–H and O–H groups in total. The van der Waals surface area contributed by atoms with E-state index in [1.165, 1.54) is 0 Å². The van der Waals surface area contributed by atoms with Crippen molar-refractivity contribution in [2.45, 2.75) is 32.2 Å². The number of aromatic amines is 1. The van der Waals surface area contributed by atoms with Crippen LogP contribution in [-0.2, 0) is 0 Å². The first-order valence-electron chi connectivity index (χ1n) is 7.72. The molecule has 114 valence electrons. The van der Waals surface area contributed by atoms with Gasteiger partial charge in [0.05, 0.1) is 6.04 Å². The molecule has 1 fully saturated rings. The van der Waals surface area contributed by atoms with Crippen molar-refractivity contribution in [3.8, 4) is 0 Å². The number of hydrogen-bond donors (Lipinski definition) is 1. The number of piperidine rings is 1. The van der Waals surface area contributed by atoms with Gasteiger partial charge in [0, 0.05) is 23.9 Å². The van der Waals surface area contributed by atoms with E-state index in [0.29, 0.717) is 0 Å². The van der Waals surface area contributed by atoms with Gasteiger partial charge in [0.1, 0.15) is 0 Å². The molecule has 4 nitrogen and oxygen atoms in total. The third-order valence-electron chi connectivity index (χ3n) is 4.30. The van der Waals surface area contributed by atoms with Gasteiger partial charge in [-0.1, -0.05) is 18.2 Å². The Morgan fingerprint density at radius 2 is 1.91 bits per heavy atom. The normalized spacial score (nSPS) is 18.2. The van der Waals surface area contributed by atoms with Crippen LogP contribution >= 0.6 is 0 Å². The minimum Gasteiger partial charge on any atom is -0.332 e. The topological polar surface area (TPSA) is 53.2 Å². The molecule has 1 aliphatic rings. The van der Waals surface area contributed by atoms with Crippen molar-refractivity contribution in [1.29, 1.82) is 0 Å². The molecule has 2 heterocycles. The van der Waals surface area contributed by atoms with Gasteiger partial charge < -0.3 is 9.88 Å². The molecule has 1 unspecified atom stereocenters. The van der Waals surface area contributed by atoms with Crippen LogP contribution in [0.25, 0.3) is 0 Å². The fraction of sp³-hybridized carbons (Fsp3) is 0.333. The molecule has 1 atom stereocenters.